The van der Waals surface area contributed by atoms with E-state index in [-0.39, 0.29) is 0 Å². The number of rotatable bonds is 3. The van der Waals surface area contributed by atoms with Gasteiger partial charge < -0.3 is 4.57 Å². The maximum atomic E-state index is 5.16. The van der Waals surface area contributed by atoms with Crippen molar-refractivity contribution < 1.29 is 0 Å². The van der Waals surface area contributed by atoms with Crippen LogP contribution in [0.3, 0.4) is 0 Å². The van der Waals surface area contributed by atoms with Gasteiger partial charge in [-0.2, -0.15) is 0 Å². The Hall–Kier alpha value is -4.70. The van der Waals surface area contributed by atoms with Gasteiger partial charge in [-0.1, -0.05) is 84.9 Å². The van der Waals surface area contributed by atoms with Crippen LogP contribution in [0.15, 0.2) is 122 Å². The van der Waals surface area contributed by atoms with Crippen LogP contribution in [0.4, 0.5) is 0 Å². The third kappa shape index (κ3) is 2.86. The molecule has 3 heterocycles. The Bertz CT molecular complexity index is 1740. The summed E-state index contributed by atoms with van der Waals surface area (Å²) in [6.07, 6.45) is 4.22. The average molecular weight is 437 g/mol. The van der Waals surface area contributed by atoms with Crippen molar-refractivity contribution in [3.63, 3.8) is 0 Å². The van der Waals surface area contributed by atoms with Gasteiger partial charge in [0.25, 0.3) is 0 Å². The Balaban J connectivity index is 1.57. The van der Waals surface area contributed by atoms with Crippen LogP contribution in [-0.2, 0) is 0 Å². The zero-order valence-corrected chi connectivity index (χ0v) is 18.3. The van der Waals surface area contributed by atoms with Gasteiger partial charge in [-0.15, -0.1) is 0 Å². The number of para-hydroxylation sites is 3. The van der Waals surface area contributed by atoms with Crippen molar-refractivity contribution in [3.05, 3.63) is 122 Å². The molecule has 4 nitrogen and oxygen atoms in total. The van der Waals surface area contributed by atoms with E-state index in [2.05, 4.69) is 106 Å². The lowest BCUT2D eigenvalue weighted by Gasteiger charge is -2.09. The Kier molecular flexibility index (Phi) is 4.11. The van der Waals surface area contributed by atoms with Crippen LogP contribution < -0.4 is 0 Å². The zero-order valence-electron chi connectivity index (χ0n) is 18.3. The van der Waals surface area contributed by atoms with Crippen LogP contribution in [0.2, 0.25) is 0 Å². The van der Waals surface area contributed by atoms with E-state index in [0.717, 1.165) is 38.9 Å². The molecule has 0 fully saturated rings. The van der Waals surface area contributed by atoms with E-state index in [0.29, 0.717) is 5.95 Å². The van der Waals surface area contributed by atoms with Gasteiger partial charge in [-0.05, 0) is 24.3 Å². The van der Waals surface area contributed by atoms with Crippen LogP contribution in [0.5, 0.6) is 0 Å². The minimum atomic E-state index is 0.676. The largest absolute Gasteiger partial charge is 0.321 e. The molecular weight excluding hydrogens is 416 g/mol. The van der Waals surface area contributed by atoms with Crippen molar-refractivity contribution in [2.45, 2.75) is 0 Å². The molecule has 0 bridgehead atoms. The average Bonchev–Trinajstić information content (AvgIpc) is 3.49. The maximum Gasteiger partial charge on any atom is 0.235 e. The minimum absolute atomic E-state index is 0.676. The van der Waals surface area contributed by atoms with Crippen molar-refractivity contribution in [2.24, 2.45) is 0 Å². The van der Waals surface area contributed by atoms with Crippen molar-refractivity contribution in [3.8, 4) is 22.9 Å². The smallest absolute Gasteiger partial charge is 0.235 e. The predicted molar refractivity (Wildman–Crippen MR) is 139 cm³/mol. The highest BCUT2D eigenvalue weighted by Gasteiger charge is 2.18. The molecule has 0 unspecified atom stereocenters. The van der Waals surface area contributed by atoms with Gasteiger partial charge in [0.1, 0.15) is 0 Å². The fourth-order valence-electron chi connectivity index (χ4n) is 4.81. The van der Waals surface area contributed by atoms with Gasteiger partial charge >= 0.3 is 0 Å². The van der Waals surface area contributed by atoms with Gasteiger partial charge in [-0.3, -0.25) is 4.57 Å². The third-order valence-corrected chi connectivity index (χ3v) is 6.37. The molecule has 0 N–H and O–H groups in total. The molecule has 4 aromatic carbocycles. The van der Waals surface area contributed by atoms with E-state index in [9.17, 15) is 0 Å². The summed E-state index contributed by atoms with van der Waals surface area (Å²) >= 11 is 0. The normalized spacial score (nSPS) is 11.5. The third-order valence-electron chi connectivity index (χ3n) is 6.37. The summed E-state index contributed by atoms with van der Waals surface area (Å²) in [6, 6.07) is 37.6. The van der Waals surface area contributed by atoms with Gasteiger partial charge in [-0.25, -0.2) is 9.97 Å². The highest BCUT2D eigenvalue weighted by molar-refractivity contribution is 6.09. The summed E-state index contributed by atoms with van der Waals surface area (Å²) in [4.78, 5) is 10.2. The van der Waals surface area contributed by atoms with E-state index < -0.39 is 0 Å². The molecule has 7 rings (SSSR count). The van der Waals surface area contributed by atoms with E-state index in [1.165, 1.54) is 10.8 Å². The number of fused-ring (bicyclic) bond motifs is 4. The first-order valence-electron chi connectivity index (χ1n) is 11.4. The van der Waals surface area contributed by atoms with Crippen LogP contribution in [-0.4, -0.2) is 19.1 Å². The first-order chi connectivity index (χ1) is 16.9. The molecule has 0 spiro atoms. The molecule has 34 heavy (non-hydrogen) atoms. The van der Waals surface area contributed by atoms with Crippen molar-refractivity contribution in [2.75, 3.05) is 0 Å². The SMILES string of the molecule is c1ccc(-c2nc(-n3c4ccccc4c4ccccc43)nc3cn(-c4ccccc4)cc23)cc1. The summed E-state index contributed by atoms with van der Waals surface area (Å²) in [5.74, 6) is 0.676. The molecule has 0 aliphatic rings. The standard InChI is InChI=1S/C30H20N4/c1-3-11-21(12-4-1)29-25-19-33(22-13-5-2-6-14-22)20-26(25)31-30(32-29)34-27-17-9-7-15-23(27)24-16-8-10-18-28(24)34/h1-20H. The lowest BCUT2D eigenvalue weighted by Crippen LogP contribution is -2.02. The van der Waals surface area contributed by atoms with Crippen molar-refractivity contribution in [1.29, 1.82) is 0 Å². The van der Waals surface area contributed by atoms with Crippen molar-refractivity contribution >= 4 is 32.7 Å². The van der Waals surface area contributed by atoms with Crippen LogP contribution in [0.1, 0.15) is 0 Å². The highest BCUT2D eigenvalue weighted by Crippen LogP contribution is 2.34. The van der Waals surface area contributed by atoms with E-state index in [4.69, 9.17) is 9.97 Å². The first kappa shape index (κ1) is 18.8. The van der Waals surface area contributed by atoms with E-state index in [1.807, 2.05) is 24.3 Å². The fraction of sp³-hybridized carbons (Fsp3) is 0. The number of aromatic nitrogens is 4. The van der Waals surface area contributed by atoms with Gasteiger partial charge in [0.15, 0.2) is 0 Å². The number of nitrogens with zero attached hydrogens (tertiary/aromatic N) is 4. The Morgan fingerprint density at radius 3 is 1.76 bits per heavy atom. The van der Waals surface area contributed by atoms with Crippen LogP contribution in [0.25, 0.3) is 55.6 Å². The lowest BCUT2D eigenvalue weighted by molar-refractivity contribution is 1.01. The monoisotopic (exact) mass is 436 g/mol. The predicted octanol–water partition coefficient (Wildman–Crippen LogP) is 7.18. The zero-order chi connectivity index (χ0) is 22.5. The van der Waals surface area contributed by atoms with Crippen LogP contribution >= 0.6 is 0 Å². The summed E-state index contributed by atoms with van der Waals surface area (Å²) < 4.78 is 4.30. The molecule has 0 saturated heterocycles. The highest BCUT2D eigenvalue weighted by atomic mass is 15.2. The molecule has 0 aliphatic carbocycles. The second-order valence-corrected chi connectivity index (χ2v) is 8.41. The summed E-state index contributed by atoms with van der Waals surface area (Å²) in [5.41, 5.74) is 6.21. The Labute approximate surface area is 196 Å². The molecule has 4 heteroatoms. The number of hydrogen-bond donors (Lipinski definition) is 0. The Morgan fingerprint density at radius 2 is 1.09 bits per heavy atom. The van der Waals surface area contributed by atoms with E-state index >= 15 is 0 Å². The van der Waals surface area contributed by atoms with Crippen LogP contribution in [0, 0.1) is 0 Å². The molecule has 160 valence electrons. The fourth-order valence-corrected chi connectivity index (χ4v) is 4.81. The van der Waals surface area contributed by atoms with Gasteiger partial charge in [0.2, 0.25) is 5.95 Å². The maximum absolute atomic E-state index is 5.16. The molecule has 0 atom stereocenters. The second-order valence-electron chi connectivity index (χ2n) is 8.41. The summed E-state index contributed by atoms with van der Waals surface area (Å²) in [6.45, 7) is 0. The van der Waals surface area contributed by atoms with Gasteiger partial charge in [0, 0.05) is 39.8 Å². The molecule has 0 saturated carbocycles. The van der Waals surface area contributed by atoms with Gasteiger partial charge in [0.05, 0.1) is 22.2 Å². The topological polar surface area (TPSA) is 35.6 Å². The molecule has 0 aliphatic heterocycles. The minimum Gasteiger partial charge on any atom is -0.321 e. The summed E-state index contributed by atoms with van der Waals surface area (Å²) in [5, 5.41) is 3.43. The first-order valence-corrected chi connectivity index (χ1v) is 11.4. The lowest BCUT2D eigenvalue weighted by atomic mass is 10.1. The number of hydrogen-bond acceptors (Lipinski definition) is 2. The molecule has 0 amide bonds. The molecule has 3 aromatic heterocycles. The molecule has 7 aromatic rings. The van der Waals surface area contributed by atoms with E-state index in [1.54, 1.807) is 0 Å². The molecule has 0 radical (unpaired) electrons. The summed E-state index contributed by atoms with van der Waals surface area (Å²) in [7, 11) is 0. The quantitative estimate of drug-likeness (QED) is 0.294. The number of benzene rings is 4. The molecular formula is C30H20N4. The second kappa shape index (κ2) is 7.42. The van der Waals surface area contributed by atoms with Crippen molar-refractivity contribution in [1.82, 2.24) is 19.1 Å². The Morgan fingerprint density at radius 1 is 0.500 bits per heavy atom.